The van der Waals surface area contributed by atoms with Crippen LogP contribution >= 0.6 is 46.4 Å². The van der Waals surface area contributed by atoms with Crippen LogP contribution in [0.25, 0.3) is 0 Å². The lowest BCUT2D eigenvalue weighted by atomic mass is 10.2. The topological polar surface area (TPSA) is 78.5 Å². The fourth-order valence-corrected chi connectivity index (χ4v) is 4.13. The molecule has 2 N–H and O–H groups in total. The minimum atomic E-state index is -0.641. The van der Waals surface area contributed by atoms with Crippen molar-refractivity contribution < 1.29 is 14.4 Å². The number of carbonyl (C=O) groups is 3. The van der Waals surface area contributed by atoms with Crippen LogP contribution in [0.1, 0.15) is 15.9 Å². The molecule has 0 saturated heterocycles. The monoisotopic (exact) mass is 533 g/mol. The third-order valence-electron chi connectivity index (χ3n) is 4.95. The Morgan fingerprint density at radius 2 is 1.50 bits per heavy atom. The summed E-state index contributed by atoms with van der Waals surface area (Å²) in [6.45, 7) is -0.0579. The third-order valence-corrected chi connectivity index (χ3v) is 6.13. The summed E-state index contributed by atoms with van der Waals surface area (Å²) in [5.74, 6) is -1.56. The van der Waals surface area contributed by atoms with Gasteiger partial charge in [0.1, 0.15) is 10.7 Å². The second-order valence-electron chi connectivity index (χ2n) is 7.29. The molecule has 3 aromatic carbocycles. The first-order valence-electron chi connectivity index (χ1n) is 9.87. The number of carbonyl (C=O) groups excluding carboxylic acids is 3. The van der Waals surface area contributed by atoms with Crippen LogP contribution in [0.3, 0.4) is 0 Å². The SMILES string of the molecule is O=C(Nc1cccc(Cl)c1)c1ccc(NC2=C(Cl)C(=O)N(Cc3ccc(Cl)cc3Cl)C2=O)cc1. The molecule has 0 radical (unpaired) electrons. The van der Waals surface area contributed by atoms with E-state index < -0.39 is 11.8 Å². The molecule has 1 aliphatic rings. The highest BCUT2D eigenvalue weighted by Gasteiger charge is 2.38. The maximum atomic E-state index is 12.9. The fourth-order valence-electron chi connectivity index (χ4n) is 3.24. The lowest BCUT2D eigenvalue weighted by Gasteiger charge is -2.16. The molecule has 34 heavy (non-hydrogen) atoms. The standard InChI is InChI=1S/C24H15Cl4N3O3/c25-15-2-1-3-18(10-15)30-22(32)13-5-8-17(9-6-13)29-21-20(28)23(33)31(24(21)34)12-14-4-7-16(26)11-19(14)27/h1-11,29H,12H2,(H,30,32). The number of nitrogens with one attached hydrogen (secondary N) is 2. The smallest absolute Gasteiger partial charge is 0.279 e. The highest BCUT2D eigenvalue weighted by molar-refractivity contribution is 6.48. The van der Waals surface area contributed by atoms with Crippen molar-refractivity contribution in [1.29, 1.82) is 0 Å². The van der Waals surface area contributed by atoms with E-state index in [1.165, 1.54) is 6.07 Å². The maximum absolute atomic E-state index is 12.9. The van der Waals surface area contributed by atoms with E-state index in [0.717, 1.165) is 4.90 Å². The summed E-state index contributed by atoms with van der Waals surface area (Å²) in [5.41, 5.74) is 1.91. The van der Waals surface area contributed by atoms with Crippen LogP contribution in [0.2, 0.25) is 15.1 Å². The summed E-state index contributed by atoms with van der Waals surface area (Å²) in [5, 5.41) is 6.65. The minimum Gasteiger partial charge on any atom is -0.350 e. The number of rotatable bonds is 6. The van der Waals surface area contributed by atoms with Gasteiger partial charge in [0.15, 0.2) is 0 Å². The number of imide groups is 1. The van der Waals surface area contributed by atoms with Gasteiger partial charge < -0.3 is 10.6 Å². The van der Waals surface area contributed by atoms with E-state index in [2.05, 4.69) is 10.6 Å². The molecule has 0 fully saturated rings. The highest BCUT2D eigenvalue weighted by Crippen LogP contribution is 2.29. The molecular formula is C24H15Cl4N3O3. The molecule has 0 bridgehead atoms. The van der Waals surface area contributed by atoms with Gasteiger partial charge in [0.05, 0.1) is 6.54 Å². The van der Waals surface area contributed by atoms with E-state index >= 15 is 0 Å². The van der Waals surface area contributed by atoms with Crippen LogP contribution in [0.4, 0.5) is 11.4 Å². The fraction of sp³-hybridized carbons (Fsp3) is 0.0417. The molecule has 0 atom stereocenters. The van der Waals surface area contributed by atoms with Crippen LogP contribution in [-0.4, -0.2) is 22.6 Å². The molecule has 0 aromatic heterocycles. The number of hydrogen-bond acceptors (Lipinski definition) is 4. The van der Waals surface area contributed by atoms with Crippen LogP contribution in [0, 0.1) is 0 Å². The zero-order valence-corrected chi connectivity index (χ0v) is 20.3. The largest absolute Gasteiger partial charge is 0.350 e. The molecule has 0 unspecified atom stereocenters. The maximum Gasteiger partial charge on any atom is 0.279 e. The first-order chi connectivity index (χ1) is 16.2. The third kappa shape index (κ3) is 5.21. The van der Waals surface area contributed by atoms with Crippen LogP contribution in [0.5, 0.6) is 0 Å². The summed E-state index contributed by atoms with van der Waals surface area (Å²) in [7, 11) is 0. The normalized spacial score (nSPS) is 13.5. The number of anilines is 2. The Morgan fingerprint density at radius 1 is 0.794 bits per heavy atom. The lowest BCUT2D eigenvalue weighted by Crippen LogP contribution is -2.32. The van der Waals surface area contributed by atoms with Crippen molar-refractivity contribution >= 4 is 75.5 Å². The van der Waals surface area contributed by atoms with Crippen molar-refractivity contribution in [3.05, 3.63) is 104 Å². The second kappa shape index (κ2) is 10.1. The van der Waals surface area contributed by atoms with Crippen molar-refractivity contribution in [1.82, 2.24) is 4.90 Å². The summed E-state index contributed by atoms with van der Waals surface area (Å²) in [6.07, 6.45) is 0. The summed E-state index contributed by atoms with van der Waals surface area (Å²) in [6, 6.07) is 17.9. The van der Waals surface area contributed by atoms with Gasteiger partial charge in [-0.2, -0.15) is 0 Å². The number of nitrogens with zero attached hydrogens (tertiary/aromatic N) is 1. The molecule has 10 heteroatoms. The van der Waals surface area contributed by atoms with E-state index in [-0.39, 0.29) is 23.2 Å². The van der Waals surface area contributed by atoms with Gasteiger partial charge in [-0.25, -0.2) is 0 Å². The van der Waals surface area contributed by atoms with Gasteiger partial charge >= 0.3 is 0 Å². The molecule has 0 spiro atoms. The molecular weight excluding hydrogens is 520 g/mol. The molecule has 1 aliphatic heterocycles. The van der Waals surface area contributed by atoms with E-state index in [1.807, 2.05) is 0 Å². The van der Waals surface area contributed by atoms with Crippen LogP contribution in [0.15, 0.2) is 77.5 Å². The van der Waals surface area contributed by atoms with Gasteiger partial charge in [-0.3, -0.25) is 19.3 Å². The Kier molecular flexibility index (Phi) is 7.14. The van der Waals surface area contributed by atoms with Crippen molar-refractivity contribution in [2.75, 3.05) is 10.6 Å². The molecule has 6 nitrogen and oxygen atoms in total. The zero-order chi connectivity index (χ0) is 24.4. The van der Waals surface area contributed by atoms with Crippen LogP contribution < -0.4 is 10.6 Å². The van der Waals surface area contributed by atoms with Crippen molar-refractivity contribution in [3.63, 3.8) is 0 Å². The number of hydrogen-bond donors (Lipinski definition) is 2. The average molecular weight is 535 g/mol. The second-order valence-corrected chi connectivity index (χ2v) is 8.95. The predicted molar refractivity (Wildman–Crippen MR) is 134 cm³/mol. The Morgan fingerprint density at radius 3 is 2.18 bits per heavy atom. The molecule has 1 heterocycles. The molecule has 172 valence electrons. The lowest BCUT2D eigenvalue weighted by molar-refractivity contribution is -0.138. The molecule has 3 amide bonds. The first-order valence-corrected chi connectivity index (χ1v) is 11.4. The Balaban J connectivity index is 1.45. The number of halogens is 4. The van der Waals surface area contributed by atoms with Crippen molar-refractivity contribution in [2.45, 2.75) is 6.54 Å². The van der Waals surface area contributed by atoms with Gasteiger partial charge in [0.2, 0.25) is 0 Å². The molecule has 4 rings (SSSR count). The van der Waals surface area contributed by atoms with E-state index in [1.54, 1.807) is 60.7 Å². The molecule has 0 aliphatic carbocycles. The van der Waals surface area contributed by atoms with Gasteiger partial charge in [-0.05, 0) is 60.2 Å². The Hall–Kier alpha value is -3.03. The van der Waals surface area contributed by atoms with Crippen molar-refractivity contribution in [3.8, 4) is 0 Å². The summed E-state index contributed by atoms with van der Waals surface area (Å²) >= 11 is 24.2. The van der Waals surface area contributed by atoms with Gasteiger partial charge in [-0.1, -0.05) is 58.5 Å². The Labute approximate surface area is 215 Å². The average Bonchev–Trinajstić information content (AvgIpc) is 2.99. The first kappa shape index (κ1) is 24.1. The van der Waals surface area contributed by atoms with E-state index in [0.29, 0.717) is 37.6 Å². The highest BCUT2D eigenvalue weighted by atomic mass is 35.5. The summed E-state index contributed by atoms with van der Waals surface area (Å²) < 4.78 is 0. The predicted octanol–water partition coefficient (Wildman–Crippen LogP) is 6.33. The molecule has 3 aromatic rings. The zero-order valence-electron chi connectivity index (χ0n) is 17.2. The molecule has 0 saturated carbocycles. The quantitative estimate of drug-likeness (QED) is 0.362. The van der Waals surface area contributed by atoms with Crippen LogP contribution in [-0.2, 0) is 16.1 Å². The number of amides is 3. The van der Waals surface area contributed by atoms with Gasteiger partial charge in [-0.15, -0.1) is 0 Å². The van der Waals surface area contributed by atoms with Gasteiger partial charge in [0, 0.05) is 32.0 Å². The number of benzene rings is 3. The van der Waals surface area contributed by atoms with E-state index in [4.69, 9.17) is 46.4 Å². The van der Waals surface area contributed by atoms with Crippen molar-refractivity contribution in [2.24, 2.45) is 0 Å². The minimum absolute atomic E-state index is 0.0579. The summed E-state index contributed by atoms with van der Waals surface area (Å²) in [4.78, 5) is 38.9. The Bertz CT molecular complexity index is 1340. The van der Waals surface area contributed by atoms with E-state index in [9.17, 15) is 14.4 Å². The van der Waals surface area contributed by atoms with Gasteiger partial charge in [0.25, 0.3) is 17.7 Å².